The molecule has 0 aromatic carbocycles. The first-order valence-electron chi connectivity index (χ1n) is 4.01. The Kier molecular flexibility index (Phi) is 5.06. The zero-order chi connectivity index (χ0) is 9.56. The lowest BCUT2D eigenvalue weighted by Crippen LogP contribution is -2.46. The summed E-state index contributed by atoms with van der Waals surface area (Å²) >= 11 is 0. The minimum Gasteiger partial charge on any atom is -0.314 e. The van der Waals surface area contributed by atoms with E-state index in [0.717, 1.165) is 6.54 Å². The van der Waals surface area contributed by atoms with Crippen LogP contribution in [0.2, 0.25) is 0 Å². The summed E-state index contributed by atoms with van der Waals surface area (Å²) in [5.74, 6) is -0.0787. The van der Waals surface area contributed by atoms with Gasteiger partial charge in [-0.3, -0.25) is 10.1 Å². The predicted octanol–water partition coefficient (Wildman–Crippen LogP) is 0.314. The summed E-state index contributed by atoms with van der Waals surface area (Å²) in [6.07, 6.45) is -0.0628. The Bertz CT molecular complexity index is 185. The minimum absolute atomic E-state index is 0.0628. The van der Waals surface area contributed by atoms with Gasteiger partial charge in [0.15, 0.2) is 0 Å². The predicted molar refractivity (Wildman–Crippen MR) is 46.1 cm³/mol. The van der Waals surface area contributed by atoms with Crippen LogP contribution in [0.3, 0.4) is 0 Å². The van der Waals surface area contributed by atoms with Gasteiger partial charge in [0, 0.05) is 6.92 Å². The van der Waals surface area contributed by atoms with Crippen molar-refractivity contribution in [2.45, 2.75) is 26.9 Å². The van der Waals surface area contributed by atoms with Gasteiger partial charge in [-0.05, 0) is 13.5 Å². The quantitative estimate of drug-likeness (QED) is 0.487. The second-order valence-electron chi connectivity index (χ2n) is 2.54. The summed E-state index contributed by atoms with van der Waals surface area (Å²) in [7, 11) is 0. The van der Waals surface area contributed by atoms with Crippen molar-refractivity contribution in [1.29, 1.82) is 5.26 Å². The highest BCUT2D eigenvalue weighted by molar-refractivity contribution is 5.73. The third-order valence-electron chi connectivity index (χ3n) is 1.61. The highest BCUT2D eigenvalue weighted by Gasteiger charge is 2.14. The van der Waals surface area contributed by atoms with Crippen LogP contribution in [0.5, 0.6) is 0 Å². The fraction of sp³-hybridized carbons (Fsp3) is 0.750. The minimum atomic E-state index is -0.0787. The molecule has 0 saturated heterocycles. The van der Waals surface area contributed by atoms with Crippen molar-refractivity contribution in [3.05, 3.63) is 0 Å². The number of hydrogen-bond acceptors (Lipinski definition) is 3. The maximum Gasteiger partial charge on any atom is 0.221 e. The Morgan fingerprint density at radius 2 is 2.33 bits per heavy atom. The number of carbonyl (C=O) groups is 1. The smallest absolute Gasteiger partial charge is 0.221 e. The van der Waals surface area contributed by atoms with Crippen molar-refractivity contribution < 1.29 is 4.79 Å². The van der Waals surface area contributed by atoms with E-state index in [1.807, 2.05) is 19.9 Å². The van der Waals surface area contributed by atoms with E-state index in [1.165, 1.54) is 11.8 Å². The molecule has 0 aromatic rings. The van der Waals surface area contributed by atoms with E-state index in [-0.39, 0.29) is 18.6 Å². The molecule has 0 aliphatic rings. The van der Waals surface area contributed by atoms with Crippen LogP contribution in [0.15, 0.2) is 0 Å². The van der Waals surface area contributed by atoms with E-state index in [9.17, 15) is 4.79 Å². The molecule has 1 amide bonds. The van der Waals surface area contributed by atoms with Gasteiger partial charge >= 0.3 is 0 Å². The summed E-state index contributed by atoms with van der Waals surface area (Å²) in [6, 6.07) is 1.95. The molecule has 1 atom stereocenters. The summed E-state index contributed by atoms with van der Waals surface area (Å²) in [5, 5.41) is 11.5. The van der Waals surface area contributed by atoms with E-state index >= 15 is 0 Å². The van der Waals surface area contributed by atoms with Crippen LogP contribution in [0.1, 0.15) is 20.8 Å². The lowest BCUT2D eigenvalue weighted by Gasteiger charge is -2.25. The Balaban J connectivity index is 4.11. The van der Waals surface area contributed by atoms with Crippen LogP contribution < -0.4 is 5.32 Å². The maximum absolute atomic E-state index is 11.0. The first-order chi connectivity index (χ1) is 5.63. The Morgan fingerprint density at radius 1 is 1.75 bits per heavy atom. The van der Waals surface area contributed by atoms with Gasteiger partial charge in [0.25, 0.3) is 0 Å². The standard InChI is InChI=1S/C8H15N3O/c1-4-10-7(2)11(6-5-9)8(3)12/h7,10H,4,6H2,1-3H3. The van der Waals surface area contributed by atoms with Crippen LogP contribution in [-0.4, -0.2) is 30.1 Å². The fourth-order valence-corrected chi connectivity index (χ4v) is 1.00. The lowest BCUT2D eigenvalue weighted by atomic mass is 10.4. The number of nitrogens with one attached hydrogen (secondary N) is 1. The van der Waals surface area contributed by atoms with Crippen LogP contribution >= 0.6 is 0 Å². The van der Waals surface area contributed by atoms with E-state index < -0.39 is 0 Å². The summed E-state index contributed by atoms with van der Waals surface area (Å²) in [6.45, 7) is 6.22. The number of amides is 1. The second kappa shape index (κ2) is 5.56. The molecule has 0 aromatic heterocycles. The van der Waals surface area contributed by atoms with Gasteiger partial charge in [0.1, 0.15) is 6.54 Å². The van der Waals surface area contributed by atoms with Crippen LogP contribution in [0.4, 0.5) is 0 Å². The second-order valence-corrected chi connectivity index (χ2v) is 2.54. The zero-order valence-corrected chi connectivity index (χ0v) is 7.79. The molecule has 4 heteroatoms. The molecule has 68 valence electrons. The van der Waals surface area contributed by atoms with Crippen molar-refractivity contribution >= 4 is 5.91 Å². The van der Waals surface area contributed by atoms with Gasteiger partial charge in [-0.15, -0.1) is 0 Å². The first-order valence-corrected chi connectivity index (χ1v) is 4.01. The van der Waals surface area contributed by atoms with Crippen molar-refractivity contribution in [3.63, 3.8) is 0 Å². The number of nitriles is 1. The Labute approximate surface area is 73.2 Å². The van der Waals surface area contributed by atoms with Crippen molar-refractivity contribution in [2.24, 2.45) is 0 Å². The molecule has 4 nitrogen and oxygen atoms in total. The molecule has 0 radical (unpaired) electrons. The van der Waals surface area contributed by atoms with Gasteiger partial charge in [-0.2, -0.15) is 5.26 Å². The van der Waals surface area contributed by atoms with Gasteiger partial charge in [-0.25, -0.2) is 0 Å². The Hall–Kier alpha value is -1.08. The normalized spacial score (nSPS) is 11.8. The largest absolute Gasteiger partial charge is 0.314 e. The molecule has 0 fully saturated rings. The number of carbonyl (C=O) groups excluding carboxylic acids is 1. The van der Waals surface area contributed by atoms with Gasteiger partial charge in [0.2, 0.25) is 5.91 Å². The van der Waals surface area contributed by atoms with Crippen molar-refractivity contribution in [3.8, 4) is 6.07 Å². The van der Waals surface area contributed by atoms with Gasteiger partial charge < -0.3 is 4.90 Å². The van der Waals surface area contributed by atoms with E-state index in [4.69, 9.17) is 5.26 Å². The first kappa shape index (κ1) is 10.9. The zero-order valence-electron chi connectivity index (χ0n) is 7.79. The average molecular weight is 169 g/mol. The highest BCUT2D eigenvalue weighted by Crippen LogP contribution is 1.94. The SMILES string of the molecule is CCNC(C)N(CC#N)C(C)=O. The van der Waals surface area contributed by atoms with Crippen LogP contribution in [0, 0.1) is 11.3 Å². The van der Waals surface area contributed by atoms with Crippen molar-refractivity contribution in [2.75, 3.05) is 13.1 Å². The molecule has 0 aliphatic carbocycles. The molecule has 0 spiro atoms. The summed E-state index contributed by atoms with van der Waals surface area (Å²) in [4.78, 5) is 12.5. The summed E-state index contributed by atoms with van der Waals surface area (Å²) in [5.41, 5.74) is 0. The van der Waals surface area contributed by atoms with E-state index in [0.29, 0.717) is 0 Å². The van der Waals surface area contributed by atoms with Gasteiger partial charge in [0.05, 0.1) is 12.2 Å². The average Bonchev–Trinajstić information content (AvgIpc) is 1.99. The summed E-state index contributed by atoms with van der Waals surface area (Å²) < 4.78 is 0. The lowest BCUT2D eigenvalue weighted by molar-refractivity contribution is -0.130. The molecular formula is C8H15N3O. The molecule has 1 unspecified atom stereocenters. The molecule has 0 saturated carbocycles. The topological polar surface area (TPSA) is 56.1 Å². The molecule has 0 heterocycles. The number of hydrogen-bond donors (Lipinski definition) is 1. The number of rotatable bonds is 4. The number of nitrogens with zero attached hydrogens (tertiary/aromatic N) is 2. The molecule has 0 aliphatic heterocycles. The maximum atomic E-state index is 11.0. The third-order valence-corrected chi connectivity index (χ3v) is 1.61. The Morgan fingerprint density at radius 3 is 2.67 bits per heavy atom. The van der Waals surface area contributed by atoms with Crippen LogP contribution in [0.25, 0.3) is 0 Å². The molecule has 0 rings (SSSR count). The fourth-order valence-electron chi connectivity index (χ4n) is 1.00. The molecule has 12 heavy (non-hydrogen) atoms. The molecular weight excluding hydrogens is 154 g/mol. The monoisotopic (exact) mass is 169 g/mol. The third kappa shape index (κ3) is 3.35. The molecule has 0 bridgehead atoms. The van der Waals surface area contributed by atoms with Crippen LogP contribution in [-0.2, 0) is 4.79 Å². The van der Waals surface area contributed by atoms with E-state index in [1.54, 1.807) is 0 Å². The highest BCUT2D eigenvalue weighted by atomic mass is 16.2. The molecule has 1 N–H and O–H groups in total. The van der Waals surface area contributed by atoms with Gasteiger partial charge in [-0.1, -0.05) is 6.92 Å². The van der Waals surface area contributed by atoms with E-state index in [2.05, 4.69) is 5.32 Å². The van der Waals surface area contributed by atoms with Crippen molar-refractivity contribution in [1.82, 2.24) is 10.2 Å².